The number of fused-ring (bicyclic) bond motifs is 1. The van der Waals surface area contributed by atoms with Gasteiger partial charge in [0.2, 0.25) is 0 Å². The summed E-state index contributed by atoms with van der Waals surface area (Å²) in [4.78, 5) is 41.4. The van der Waals surface area contributed by atoms with E-state index in [2.05, 4.69) is 15.0 Å². The van der Waals surface area contributed by atoms with Crippen molar-refractivity contribution in [3.8, 4) is 0 Å². The van der Waals surface area contributed by atoms with Crippen LogP contribution < -0.4 is 5.73 Å². The van der Waals surface area contributed by atoms with Crippen LogP contribution in [-0.2, 0) is 15.9 Å². The van der Waals surface area contributed by atoms with Crippen molar-refractivity contribution >= 4 is 35.7 Å². The maximum absolute atomic E-state index is 13.1. The molecule has 3 aromatic rings. The molecule has 12 nitrogen and oxygen atoms in total. The number of aromatic nitrogens is 4. The second-order valence-electron chi connectivity index (χ2n) is 7.03. The van der Waals surface area contributed by atoms with E-state index in [-0.39, 0.29) is 36.5 Å². The first-order valence-corrected chi connectivity index (χ1v) is 12.2. The number of nitrogen functional groups attached to an aromatic ring is 1. The summed E-state index contributed by atoms with van der Waals surface area (Å²) in [6, 6.07) is 5.21. The van der Waals surface area contributed by atoms with Crippen LogP contribution in [0, 0.1) is 10.1 Å². The number of nitrogens with zero attached hydrogens (tertiary/aromatic N) is 6. The van der Waals surface area contributed by atoms with Gasteiger partial charge in [-0.3, -0.25) is 19.7 Å². The highest BCUT2D eigenvalue weighted by molar-refractivity contribution is 7.63. The van der Waals surface area contributed by atoms with Gasteiger partial charge in [0.25, 0.3) is 11.6 Å². The van der Waals surface area contributed by atoms with Crippen molar-refractivity contribution in [2.75, 3.05) is 31.0 Å². The third kappa shape index (κ3) is 5.09. The number of benzene rings is 1. The number of anilines is 1. The number of hydrogen-bond donors (Lipinski definition) is 1. The van der Waals surface area contributed by atoms with Crippen molar-refractivity contribution in [3.63, 3.8) is 0 Å². The quantitative estimate of drug-likeness (QED) is 0.272. The topological polar surface area (TPSA) is 159 Å². The zero-order valence-electron chi connectivity index (χ0n) is 17.7. The second kappa shape index (κ2) is 9.84. The normalized spacial score (nSPS) is 11.6. The molecule has 2 N–H and O–H groups in total. The molecular weight excluding hydrogens is 437 g/mol. The van der Waals surface area contributed by atoms with Crippen LogP contribution in [0.1, 0.15) is 24.2 Å². The third-order valence-electron chi connectivity index (χ3n) is 5.13. The number of rotatable bonds is 10. The Bertz CT molecular complexity index is 1160. The molecule has 2 aromatic heterocycles. The second-order valence-corrected chi connectivity index (χ2v) is 10.7. The number of non-ortho nitro benzene ring substituents is 1. The Balaban J connectivity index is 1.82. The van der Waals surface area contributed by atoms with Gasteiger partial charge in [-0.05, 0) is 12.1 Å². The van der Waals surface area contributed by atoms with Crippen LogP contribution in [0.2, 0.25) is 0 Å². The summed E-state index contributed by atoms with van der Waals surface area (Å²) < 4.78 is 14.5. The highest BCUT2D eigenvalue weighted by Crippen LogP contribution is 2.44. The van der Waals surface area contributed by atoms with Gasteiger partial charge < -0.3 is 14.9 Å². The van der Waals surface area contributed by atoms with E-state index in [1.165, 1.54) is 36.9 Å². The molecule has 0 aliphatic carbocycles. The molecule has 0 fully saturated rings. The summed E-state index contributed by atoms with van der Waals surface area (Å²) in [5.74, 6) is -0.257. The van der Waals surface area contributed by atoms with Crippen LogP contribution in [0.15, 0.2) is 36.9 Å². The lowest BCUT2D eigenvalue weighted by atomic mass is 10.2. The standard InChI is InChI=1S/C19H24N7O5P/c1-3-32(30,4-2)13-31-25(19(27)14-5-7-15(8-6-14)26(28)29)10-9-24-12-23-16-17(20)21-11-22-18(16)24/h5-8,11-12H,3-4,9-10,13H2,1-2H3,(H2,20,21,22). The number of hydroxylamine groups is 2. The van der Waals surface area contributed by atoms with E-state index in [1.807, 2.05) is 13.8 Å². The lowest BCUT2D eigenvalue weighted by molar-refractivity contribution is -0.384. The molecule has 0 aliphatic rings. The zero-order valence-corrected chi connectivity index (χ0v) is 18.6. The van der Waals surface area contributed by atoms with Crippen LogP contribution in [0.25, 0.3) is 11.2 Å². The smallest absolute Gasteiger partial charge is 0.277 e. The average molecular weight is 461 g/mol. The van der Waals surface area contributed by atoms with E-state index >= 15 is 0 Å². The van der Waals surface area contributed by atoms with E-state index in [4.69, 9.17) is 10.6 Å². The van der Waals surface area contributed by atoms with Crippen molar-refractivity contribution in [3.05, 3.63) is 52.6 Å². The van der Waals surface area contributed by atoms with Crippen molar-refractivity contribution in [2.24, 2.45) is 0 Å². The molecule has 0 atom stereocenters. The number of imidazole rings is 1. The number of carbonyl (C=O) groups excluding carboxylic acids is 1. The maximum atomic E-state index is 13.1. The predicted octanol–water partition coefficient (Wildman–Crippen LogP) is 2.75. The van der Waals surface area contributed by atoms with E-state index in [1.54, 1.807) is 4.57 Å². The van der Waals surface area contributed by atoms with E-state index < -0.39 is 18.0 Å². The van der Waals surface area contributed by atoms with Crippen LogP contribution in [0.5, 0.6) is 0 Å². The van der Waals surface area contributed by atoms with E-state index in [0.717, 1.165) is 5.06 Å². The summed E-state index contributed by atoms with van der Waals surface area (Å²) in [6.07, 6.45) is 3.67. The molecule has 170 valence electrons. The summed E-state index contributed by atoms with van der Waals surface area (Å²) in [7, 11) is -2.58. The third-order valence-corrected chi connectivity index (χ3v) is 8.02. The first kappa shape index (κ1) is 23.3. The SMILES string of the molecule is CCP(=O)(CC)CON(CCn1cnc2c(N)ncnc21)C(=O)c1ccc([N+](=O)[O-])cc1. The van der Waals surface area contributed by atoms with Gasteiger partial charge in [-0.15, -0.1) is 0 Å². The van der Waals surface area contributed by atoms with Gasteiger partial charge >= 0.3 is 0 Å². The first-order valence-electron chi connectivity index (χ1n) is 9.95. The van der Waals surface area contributed by atoms with Crippen molar-refractivity contribution in [1.29, 1.82) is 0 Å². The Labute approximate surface area is 183 Å². The molecule has 0 aliphatic heterocycles. The number of nitrogens with two attached hydrogens (primary N) is 1. The number of carbonyl (C=O) groups is 1. The van der Waals surface area contributed by atoms with Gasteiger partial charge in [0, 0.05) is 36.6 Å². The Hall–Kier alpha value is -3.37. The van der Waals surface area contributed by atoms with Crippen LogP contribution in [0.3, 0.4) is 0 Å². The summed E-state index contributed by atoms with van der Waals surface area (Å²) >= 11 is 0. The minimum atomic E-state index is -2.58. The Morgan fingerprint density at radius 1 is 1.22 bits per heavy atom. The molecule has 1 aromatic carbocycles. The fourth-order valence-corrected chi connectivity index (χ4v) is 4.10. The van der Waals surface area contributed by atoms with Gasteiger partial charge in [0.1, 0.15) is 25.3 Å². The summed E-state index contributed by atoms with van der Waals surface area (Å²) in [6.45, 7) is 4.00. The fourth-order valence-electron chi connectivity index (χ4n) is 2.94. The Morgan fingerprint density at radius 2 is 1.91 bits per heavy atom. The minimum absolute atomic E-state index is 0.0848. The largest absolute Gasteiger partial charge is 0.382 e. The molecule has 0 radical (unpaired) electrons. The fraction of sp³-hybridized carbons (Fsp3) is 0.368. The molecule has 3 rings (SSSR count). The molecular formula is C19H24N7O5P. The minimum Gasteiger partial charge on any atom is -0.382 e. The van der Waals surface area contributed by atoms with Crippen molar-refractivity contribution < 1.29 is 19.1 Å². The highest BCUT2D eigenvalue weighted by atomic mass is 31.2. The Morgan fingerprint density at radius 3 is 2.53 bits per heavy atom. The first-order chi connectivity index (χ1) is 15.3. The highest BCUT2D eigenvalue weighted by Gasteiger charge is 2.24. The lowest BCUT2D eigenvalue weighted by Crippen LogP contribution is -2.34. The predicted molar refractivity (Wildman–Crippen MR) is 119 cm³/mol. The lowest BCUT2D eigenvalue weighted by Gasteiger charge is -2.24. The molecule has 0 spiro atoms. The molecule has 0 bridgehead atoms. The number of amides is 1. The van der Waals surface area contributed by atoms with E-state index in [9.17, 15) is 19.5 Å². The maximum Gasteiger partial charge on any atom is 0.277 e. The molecule has 0 saturated heterocycles. The van der Waals surface area contributed by atoms with Gasteiger partial charge in [-0.25, -0.2) is 20.0 Å². The van der Waals surface area contributed by atoms with E-state index in [0.29, 0.717) is 23.5 Å². The van der Waals surface area contributed by atoms with Crippen LogP contribution in [-0.4, -0.2) is 60.6 Å². The molecule has 1 amide bonds. The van der Waals surface area contributed by atoms with Crippen LogP contribution >= 0.6 is 7.14 Å². The van der Waals surface area contributed by atoms with Gasteiger partial charge in [-0.2, -0.15) is 0 Å². The molecule has 32 heavy (non-hydrogen) atoms. The summed E-state index contributed by atoms with van der Waals surface area (Å²) in [5.41, 5.74) is 6.85. The monoisotopic (exact) mass is 461 g/mol. The van der Waals surface area contributed by atoms with Crippen LogP contribution in [0.4, 0.5) is 11.5 Å². The number of nitro groups is 1. The average Bonchev–Trinajstić information content (AvgIpc) is 3.23. The number of nitro benzene ring substituents is 1. The Kier molecular flexibility index (Phi) is 7.16. The molecule has 0 unspecified atom stereocenters. The van der Waals surface area contributed by atoms with Crippen molar-refractivity contribution in [2.45, 2.75) is 20.4 Å². The van der Waals surface area contributed by atoms with Gasteiger partial charge in [-0.1, -0.05) is 13.8 Å². The van der Waals surface area contributed by atoms with Gasteiger partial charge in [0.15, 0.2) is 11.5 Å². The van der Waals surface area contributed by atoms with Crippen molar-refractivity contribution in [1.82, 2.24) is 24.6 Å². The summed E-state index contributed by atoms with van der Waals surface area (Å²) in [5, 5.41) is 12.0. The molecule has 2 heterocycles. The zero-order chi connectivity index (χ0) is 23.3. The molecule has 13 heteroatoms. The molecule has 0 saturated carbocycles. The number of hydrogen-bond acceptors (Lipinski definition) is 9. The van der Waals surface area contributed by atoms with Gasteiger partial charge in [0.05, 0.1) is 17.8 Å².